The Hall–Kier alpha value is -3.65. The maximum Gasteiger partial charge on any atom is 0.394 e. The van der Waals surface area contributed by atoms with Crippen LogP contribution in [-0.4, -0.2) is 73.0 Å². The number of hydrogen-bond donors (Lipinski definition) is 2. The molecule has 4 heterocycles. The number of aromatic nitrogens is 2. The smallest absolute Gasteiger partial charge is 0.394 e. The highest BCUT2D eigenvalue weighted by Gasteiger charge is 2.79. The number of methoxy groups -OCH3 is 2. The summed E-state index contributed by atoms with van der Waals surface area (Å²) in [5, 5.41) is 6.32. The normalized spacial score (nSPS) is 27.8. The highest BCUT2D eigenvalue weighted by molar-refractivity contribution is 7.22. The predicted octanol–water partition coefficient (Wildman–Crippen LogP) is 4.15. The molecule has 0 radical (unpaired) electrons. The summed E-state index contributed by atoms with van der Waals surface area (Å²) in [5.41, 5.74) is -1.61. The first kappa shape index (κ1) is 26.3. The van der Waals surface area contributed by atoms with Gasteiger partial charge < -0.3 is 29.7 Å². The summed E-state index contributed by atoms with van der Waals surface area (Å²) in [4.78, 5) is 38.2. The van der Waals surface area contributed by atoms with E-state index in [0.29, 0.717) is 29.2 Å². The first-order chi connectivity index (χ1) is 19.6. The van der Waals surface area contributed by atoms with Gasteiger partial charge in [-0.2, -0.15) is 13.2 Å². The summed E-state index contributed by atoms with van der Waals surface area (Å²) >= 11 is 1.39. The molecule has 5 fully saturated rings. The summed E-state index contributed by atoms with van der Waals surface area (Å²) in [7, 11) is 2.84. The molecule has 2 unspecified atom stereocenters. The van der Waals surface area contributed by atoms with Gasteiger partial charge in [0.05, 0.1) is 72.6 Å². The van der Waals surface area contributed by atoms with Gasteiger partial charge in [-0.25, -0.2) is 9.97 Å². The van der Waals surface area contributed by atoms with Crippen molar-refractivity contribution in [3.63, 3.8) is 0 Å². The molecule has 8 rings (SSSR count). The van der Waals surface area contributed by atoms with E-state index in [1.54, 1.807) is 12.1 Å². The Morgan fingerprint density at radius 3 is 2.49 bits per heavy atom. The zero-order chi connectivity index (χ0) is 28.7. The number of pyridine rings is 1. The lowest BCUT2D eigenvalue weighted by Gasteiger charge is -2.70. The minimum absolute atomic E-state index is 0.0283. The zero-order valence-electron chi connectivity index (χ0n) is 22.1. The lowest BCUT2D eigenvalue weighted by Crippen LogP contribution is -2.78. The van der Waals surface area contributed by atoms with Crippen molar-refractivity contribution in [2.24, 2.45) is 5.41 Å². The molecular weight excluding hydrogens is 563 g/mol. The van der Waals surface area contributed by atoms with E-state index in [2.05, 4.69) is 20.5 Å². The van der Waals surface area contributed by atoms with Gasteiger partial charge in [-0.1, -0.05) is 11.3 Å². The number of halogens is 3. The van der Waals surface area contributed by atoms with Crippen LogP contribution in [0, 0.1) is 5.41 Å². The summed E-state index contributed by atoms with van der Waals surface area (Å²) in [5.74, 6) is -0.713. The maximum absolute atomic E-state index is 13.7. The second-order valence-corrected chi connectivity index (χ2v) is 12.2. The molecule has 3 aliphatic carbocycles. The average Bonchev–Trinajstić information content (AvgIpc) is 3.31. The number of anilines is 2. The van der Waals surface area contributed by atoms with Crippen LogP contribution >= 0.6 is 11.3 Å². The molecule has 3 saturated carbocycles. The van der Waals surface area contributed by atoms with Crippen molar-refractivity contribution >= 4 is 44.2 Å². The molecule has 2 saturated heterocycles. The van der Waals surface area contributed by atoms with Crippen molar-refractivity contribution in [2.75, 3.05) is 37.7 Å². The number of hydrogen-bond acceptors (Lipinski definition) is 9. The number of morpholine rings is 1. The molecule has 2 N–H and O–H groups in total. The van der Waals surface area contributed by atoms with Crippen molar-refractivity contribution in [2.45, 2.75) is 49.5 Å². The topological polar surface area (TPSA) is 115 Å². The molecule has 2 aliphatic heterocycles. The molecule has 2 aromatic heterocycles. The van der Waals surface area contributed by atoms with Crippen LogP contribution in [0.15, 0.2) is 24.4 Å². The number of fused-ring (bicyclic) bond motifs is 3. The van der Waals surface area contributed by atoms with Gasteiger partial charge in [0.2, 0.25) is 5.88 Å². The van der Waals surface area contributed by atoms with Crippen LogP contribution in [0.3, 0.4) is 0 Å². The number of nitrogens with one attached hydrogen (secondary N) is 2. The molecule has 3 aromatic rings. The predicted molar refractivity (Wildman–Crippen MR) is 143 cm³/mol. The first-order valence-corrected chi connectivity index (χ1v) is 14.0. The number of amides is 2. The average molecular weight is 590 g/mol. The van der Waals surface area contributed by atoms with E-state index < -0.39 is 28.9 Å². The molecular formula is C27H26F3N5O5S. The van der Waals surface area contributed by atoms with E-state index >= 15 is 0 Å². The summed E-state index contributed by atoms with van der Waals surface area (Å²) in [6, 6.07) is 5.32. The molecule has 1 aromatic carbocycles. The van der Waals surface area contributed by atoms with Crippen LogP contribution in [0.5, 0.6) is 11.6 Å². The molecule has 2 atom stereocenters. The van der Waals surface area contributed by atoms with E-state index in [1.807, 2.05) is 0 Å². The fourth-order valence-corrected chi connectivity index (χ4v) is 7.90. The fourth-order valence-electron chi connectivity index (χ4n) is 6.66. The molecule has 41 heavy (non-hydrogen) atoms. The van der Waals surface area contributed by atoms with E-state index in [9.17, 15) is 22.8 Å². The highest BCUT2D eigenvalue weighted by Crippen LogP contribution is 2.73. The third-order valence-corrected chi connectivity index (χ3v) is 9.82. The highest BCUT2D eigenvalue weighted by atomic mass is 32.1. The minimum atomic E-state index is -4.29. The zero-order valence-corrected chi connectivity index (χ0v) is 22.9. The number of rotatable bonds is 7. The Kier molecular flexibility index (Phi) is 5.72. The van der Waals surface area contributed by atoms with E-state index in [-0.39, 0.29) is 54.0 Å². The van der Waals surface area contributed by atoms with Gasteiger partial charge in [0.25, 0.3) is 11.8 Å². The van der Waals surface area contributed by atoms with Gasteiger partial charge in [-0.15, -0.1) is 0 Å². The van der Waals surface area contributed by atoms with Crippen LogP contribution < -0.4 is 25.0 Å². The van der Waals surface area contributed by atoms with Crippen molar-refractivity contribution in [1.82, 2.24) is 15.3 Å². The van der Waals surface area contributed by atoms with Crippen LogP contribution in [0.25, 0.3) is 10.2 Å². The van der Waals surface area contributed by atoms with Gasteiger partial charge in [0, 0.05) is 11.6 Å². The molecule has 216 valence electrons. The fraction of sp³-hybridized carbons (Fsp3) is 0.481. The minimum Gasteiger partial charge on any atom is -0.496 e. The largest absolute Gasteiger partial charge is 0.496 e. The van der Waals surface area contributed by atoms with Gasteiger partial charge in [-0.05, 0) is 37.8 Å². The number of benzene rings is 1. The van der Waals surface area contributed by atoms with Gasteiger partial charge in [-0.3, -0.25) is 9.59 Å². The van der Waals surface area contributed by atoms with Crippen LogP contribution in [0.2, 0.25) is 0 Å². The maximum atomic E-state index is 13.7. The molecule has 10 nitrogen and oxygen atoms in total. The van der Waals surface area contributed by atoms with E-state index in [1.165, 1.54) is 37.8 Å². The van der Waals surface area contributed by atoms with Gasteiger partial charge in [0.1, 0.15) is 11.3 Å². The number of alkyl halides is 3. The summed E-state index contributed by atoms with van der Waals surface area (Å²) in [6.07, 6.45) is -2.43. The Balaban J connectivity index is 1.17. The lowest BCUT2D eigenvalue weighted by atomic mass is 9.39. The lowest BCUT2D eigenvalue weighted by molar-refractivity contribution is -0.336. The molecule has 4 bridgehead atoms. The Labute approximate surface area is 236 Å². The van der Waals surface area contributed by atoms with E-state index in [0.717, 1.165) is 11.6 Å². The SMILES string of the molecule is COc1cc(C(=O)NC23CC(C(F)(F)F)(C2)C3)c(NC(=O)c2c(OC)ccc3nc(N4C5COCC4C5)sc23)cn1. The third-order valence-electron chi connectivity index (χ3n) is 8.72. The Morgan fingerprint density at radius 1 is 1.12 bits per heavy atom. The second kappa shape index (κ2) is 8.92. The van der Waals surface area contributed by atoms with Crippen LogP contribution in [0.4, 0.5) is 24.0 Å². The Bertz CT molecular complexity index is 1560. The van der Waals surface area contributed by atoms with Crippen molar-refractivity contribution < 1.29 is 37.0 Å². The monoisotopic (exact) mass is 589 g/mol. The molecule has 5 aliphatic rings. The van der Waals surface area contributed by atoms with Crippen molar-refractivity contribution in [3.05, 3.63) is 35.5 Å². The molecule has 0 spiro atoms. The summed E-state index contributed by atoms with van der Waals surface area (Å²) in [6.45, 7) is 1.27. The Morgan fingerprint density at radius 2 is 1.85 bits per heavy atom. The summed E-state index contributed by atoms with van der Waals surface area (Å²) < 4.78 is 56.8. The van der Waals surface area contributed by atoms with Gasteiger partial charge >= 0.3 is 6.18 Å². The standard InChI is InChI=1S/C27H26F3N5O5S/c1-38-18-4-3-16-21(41-24(33-16)35-13-5-14(35)9-40-8-13)20(18)23(37)32-17-7-31-19(39-2)6-15(17)22(36)34-26-10-25(11-26,12-26)27(28,29)30/h3-4,6-7,13-14H,5,8-12H2,1-2H3,(H,32,37)(H,34,36). The van der Waals surface area contributed by atoms with Crippen LogP contribution in [0.1, 0.15) is 46.4 Å². The van der Waals surface area contributed by atoms with Crippen molar-refractivity contribution in [3.8, 4) is 11.6 Å². The van der Waals surface area contributed by atoms with Crippen LogP contribution in [-0.2, 0) is 4.74 Å². The molecule has 2 amide bonds. The number of carbonyl (C=O) groups excluding carboxylic acids is 2. The quantitative estimate of drug-likeness (QED) is 0.423. The third kappa shape index (κ3) is 3.94. The second-order valence-electron chi connectivity index (χ2n) is 11.2. The first-order valence-electron chi connectivity index (χ1n) is 13.1. The number of thiazole rings is 1. The van der Waals surface area contributed by atoms with Crippen molar-refractivity contribution in [1.29, 1.82) is 0 Å². The molecule has 14 heteroatoms. The van der Waals surface area contributed by atoms with E-state index in [4.69, 9.17) is 19.2 Å². The van der Waals surface area contributed by atoms with Gasteiger partial charge in [0.15, 0.2) is 5.13 Å². The number of carbonyl (C=O) groups is 2. The number of ether oxygens (including phenoxy) is 3. The number of nitrogens with zero attached hydrogens (tertiary/aromatic N) is 3.